The number of hydrogen-bond acceptors (Lipinski definition) is 3. The molecule has 0 aliphatic carbocycles. The zero-order valence-electron chi connectivity index (χ0n) is 10.6. The Balaban J connectivity index is 2.19. The smallest absolute Gasteiger partial charge is 0.337 e. The lowest BCUT2D eigenvalue weighted by molar-refractivity contribution is 0.0696. The van der Waals surface area contributed by atoms with E-state index in [0.29, 0.717) is 10.6 Å². The van der Waals surface area contributed by atoms with Gasteiger partial charge in [-0.2, -0.15) is 0 Å². The summed E-state index contributed by atoms with van der Waals surface area (Å²) >= 11 is 5.97. The summed E-state index contributed by atoms with van der Waals surface area (Å²) in [6, 6.07) is 7.91. The number of rotatable bonds is 3. The van der Waals surface area contributed by atoms with Gasteiger partial charge < -0.3 is 10.4 Å². The van der Waals surface area contributed by atoms with Crippen LogP contribution in [0.3, 0.4) is 0 Å². The molecule has 0 aliphatic heterocycles. The first-order chi connectivity index (χ1) is 9.47. The fourth-order valence-electron chi connectivity index (χ4n) is 1.59. The third kappa shape index (κ3) is 3.13. The fourth-order valence-corrected chi connectivity index (χ4v) is 1.79. The van der Waals surface area contributed by atoms with Gasteiger partial charge in [-0.3, -0.25) is 4.79 Å². The van der Waals surface area contributed by atoms with Crippen LogP contribution in [0, 0.1) is 6.92 Å². The van der Waals surface area contributed by atoms with Gasteiger partial charge in [0.25, 0.3) is 5.91 Å². The lowest BCUT2D eigenvalue weighted by Gasteiger charge is -2.07. The van der Waals surface area contributed by atoms with Crippen molar-refractivity contribution >= 4 is 29.3 Å². The van der Waals surface area contributed by atoms with E-state index < -0.39 is 11.9 Å². The van der Waals surface area contributed by atoms with Crippen LogP contribution < -0.4 is 5.32 Å². The van der Waals surface area contributed by atoms with E-state index in [4.69, 9.17) is 16.7 Å². The lowest BCUT2D eigenvalue weighted by Crippen LogP contribution is -2.14. The van der Waals surface area contributed by atoms with E-state index in [1.54, 1.807) is 18.2 Å². The van der Waals surface area contributed by atoms with Crippen molar-refractivity contribution in [3.63, 3.8) is 0 Å². The topological polar surface area (TPSA) is 79.3 Å². The quantitative estimate of drug-likeness (QED) is 0.911. The van der Waals surface area contributed by atoms with E-state index in [0.717, 1.165) is 5.56 Å². The molecular weight excluding hydrogens is 280 g/mol. The van der Waals surface area contributed by atoms with Crippen LogP contribution in [0.4, 0.5) is 5.82 Å². The van der Waals surface area contributed by atoms with Gasteiger partial charge in [0, 0.05) is 6.20 Å². The number of aryl methyl sites for hydroxylation is 1. The molecular formula is C14H11ClN2O3. The van der Waals surface area contributed by atoms with E-state index in [9.17, 15) is 9.59 Å². The van der Waals surface area contributed by atoms with Crippen molar-refractivity contribution in [1.82, 2.24) is 4.98 Å². The summed E-state index contributed by atoms with van der Waals surface area (Å²) in [5, 5.41) is 11.7. The van der Waals surface area contributed by atoms with Crippen LogP contribution in [0.5, 0.6) is 0 Å². The molecule has 0 bridgehead atoms. The Morgan fingerprint density at radius 3 is 2.60 bits per heavy atom. The van der Waals surface area contributed by atoms with E-state index in [2.05, 4.69) is 10.3 Å². The number of carbonyl (C=O) groups excluding carboxylic acids is 1. The predicted molar refractivity (Wildman–Crippen MR) is 75.3 cm³/mol. The van der Waals surface area contributed by atoms with Crippen LogP contribution in [0.15, 0.2) is 36.5 Å². The summed E-state index contributed by atoms with van der Waals surface area (Å²) in [4.78, 5) is 26.6. The summed E-state index contributed by atoms with van der Waals surface area (Å²) in [6.07, 6.45) is 1.18. The maximum absolute atomic E-state index is 12.1. The summed E-state index contributed by atoms with van der Waals surface area (Å²) < 4.78 is 0. The standard InChI is InChI=1S/C14H11ClN2O3/c1-8-2-4-11(15)10(6-8)13(18)17-12-5-3-9(7-16-12)14(19)20/h2-7H,1H3,(H,19,20)(H,16,17,18). The maximum atomic E-state index is 12.1. The Bertz CT molecular complexity index is 669. The zero-order chi connectivity index (χ0) is 14.7. The van der Waals surface area contributed by atoms with Crippen molar-refractivity contribution in [2.24, 2.45) is 0 Å². The summed E-state index contributed by atoms with van der Waals surface area (Å²) in [5.74, 6) is -1.20. The number of nitrogens with zero attached hydrogens (tertiary/aromatic N) is 1. The first kappa shape index (κ1) is 14.0. The Morgan fingerprint density at radius 2 is 2.00 bits per heavy atom. The van der Waals surface area contributed by atoms with Gasteiger partial charge in [-0.25, -0.2) is 9.78 Å². The first-order valence-electron chi connectivity index (χ1n) is 5.74. The predicted octanol–water partition coefficient (Wildman–Crippen LogP) is 2.99. The van der Waals surface area contributed by atoms with Gasteiger partial charge in [-0.15, -0.1) is 0 Å². The second-order valence-corrected chi connectivity index (χ2v) is 4.58. The number of aromatic carboxylic acids is 1. The molecule has 20 heavy (non-hydrogen) atoms. The molecule has 1 aromatic heterocycles. The third-order valence-electron chi connectivity index (χ3n) is 2.62. The number of hydrogen-bond donors (Lipinski definition) is 2. The fraction of sp³-hybridized carbons (Fsp3) is 0.0714. The zero-order valence-corrected chi connectivity index (χ0v) is 11.3. The molecule has 5 nitrogen and oxygen atoms in total. The first-order valence-corrected chi connectivity index (χ1v) is 6.12. The lowest BCUT2D eigenvalue weighted by atomic mass is 10.1. The average Bonchev–Trinajstić information content (AvgIpc) is 2.42. The minimum Gasteiger partial charge on any atom is -0.478 e. The molecule has 0 fully saturated rings. The number of amides is 1. The SMILES string of the molecule is Cc1ccc(Cl)c(C(=O)Nc2ccc(C(=O)O)cn2)c1. The Hall–Kier alpha value is -2.40. The van der Waals surface area contributed by atoms with E-state index in [1.807, 2.05) is 6.92 Å². The van der Waals surface area contributed by atoms with Crippen molar-refractivity contribution in [3.8, 4) is 0 Å². The Morgan fingerprint density at radius 1 is 1.25 bits per heavy atom. The highest BCUT2D eigenvalue weighted by molar-refractivity contribution is 6.34. The van der Waals surface area contributed by atoms with Gasteiger partial charge in [0.2, 0.25) is 0 Å². The Kier molecular flexibility index (Phi) is 4.00. The van der Waals surface area contributed by atoms with Gasteiger partial charge in [0.15, 0.2) is 0 Å². The molecule has 102 valence electrons. The number of halogens is 1. The number of carboxylic acid groups (broad SMARTS) is 1. The monoisotopic (exact) mass is 290 g/mol. The molecule has 0 radical (unpaired) electrons. The van der Waals surface area contributed by atoms with Gasteiger partial charge in [0.05, 0.1) is 16.1 Å². The number of benzene rings is 1. The van der Waals surface area contributed by atoms with Crippen molar-refractivity contribution in [1.29, 1.82) is 0 Å². The largest absolute Gasteiger partial charge is 0.478 e. The van der Waals surface area contributed by atoms with Crippen LogP contribution >= 0.6 is 11.6 Å². The summed E-state index contributed by atoms with van der Waals surface area (Å²) in [7, 11) is 0. The minimum absolute atomic E-state index is 0.0524. The van der Waals surface area contributed by atoms with Crippen LogP contribution in [-0.2, 0) is 0 Å². The van der Waals surface area contributed by atoms with E-state index >= 15 is 0 Å². The second-order valence-electron chi connectivity index (χ2n) is 4.17. The molecule has 0 saturated heterocycles. The number of carboxylic acids is 1. The number of carbonyl (C=O) groups is 2. The van der Waals surface area contributed by atoms with Crippen molar-refractivity contribution in [2.75, 3.05) is 5.32 Å². The van der Waals surface area contributed by atoms with Gasteiger partial charge in [0.1, 0.15) is 5.82 Å². The summed E-state index contributed by atoms with van der Waals surface area (Å²) in [5.41, 5.74) is 1.31. The highest BCUT2D eigenvalue weighted by atomic mass is 35.5. The molecule has 1 heterocycles. The molecule has 1 amide bonds. The molecule has 0 unspecified atom stereocenters. The van der Waals surface area contributed by atoms with Crippen molar-refractivity contribution in [2.45, 2.75) is 6.92 Å². The number of nitrogens with one attached hydrogen (secondary N) is 1. The average molecular weight is 291 g/mol. The third-order valence-corrected chi connectivity index (χ3v) is 2.95. The normalized spacial score (nSPS) is 10.1. The van der Waals surface area contributed by atoms with Crippen LogP contribution in [0.1, 0.15) is 26.3 Å². The molecule has 2 N–H and O–H groups in total. The minimum atomic E-state index is -1.07. The van der Waals surface area contributed by atoms with Gasteiger partial charge in [-0.05, 0) is 31.2 Å². The van der Waals surface area contributed by atoms with E-state index in [1.165, 1.54) is 18.3 Å². The second kappa shape index (κ2) is 5.71. The molecule has 0 aliphatic rings. The highest BCUT2D eigenvalue weighted by Crippen LogP contribution is 2.18. The van der Waals surface area contributed by atoms with Crippen LogP contribution in [-0.4, -0.2) is 22.0 Å². The molecule has 0 saturated carbocycles. The highest BCUT2D eigenvalue weighted by Gasteiger charge is 2.12. The molecule has 1 aromatic carbocycles. The number of anilines is 1. The van der Waals surface area contributed by atoms with Gasteiger partial charge >= 0.3 is 5.97 Å². The Labute approximate surface area is 120 Å². The number of pyridine rings is 1. The van der Waals surface area contributed by atoms with E-state index in [-0.39, 0.29) is 11.4 Å². The van der Waals surface area contributed by atoms with Crippen LogP contribution in [0.25, 0.3) is 0 Å². The molecule has 0 atom stereocenters. The molecule has 0 spiro atoms. The molecule has 2 rings (SSSR count). The van der Waals surface area contributed by atoms with Crippen molar-refractivity contribution < 1.29 is 14.7 Å². The van der Waals surface area contributed by atoms with Gasteiger partial charge in [-0.1, -0.05) is 23.2 Å². The summed E-state index contributed by atoms with van der Waals surface area (Å²) in [6.45, 7) is 1.85. The van der Waals surface area contributed by atoms with Crippen LogP contribution in [0.2, 0.25) is 5.02 Å². The van der Waals surface area contributed by atoms with Crippen molar-refractivity contribution in [3.05, 3.63) is 58.2 Å². The maximum Gasteiger partial charge on any atom is 0.337 e. The number of aromatic nitrogens is 1. The molecule has 6 heteroatoms. The molecule has 2 aromatic rings.